The van der Waals surface area contributed by atoms with Crippen LogP contribution in [0.2, 0.25) is 4.34 Å². The molecule has 0 amide bonds. The molecular weight excluding hydrogens is 294 g/mol. The first kappa shape index (κ1) is 13.1. The highest BCUT2D eigenvalue weighted by molar-refractivity contribution is 7.15. The summed E-state index contributed by atoms with van der Waals surface area (Å²) in [6.07, 6.45) is 3.36. The summed E-state index contributed by atoms with van der Waals surface area (Å²) in [4.78, 5) is 4.20. The number of rotatable bonds is 4. The molecule has 1 N–H and O–H groups in total. The Morgan fingerprint density at radius 3 is 2.70 bits per heavy atom. The smallest absolute Gasteiger partial charge is 0.163 e. The zero-order chi connectivity index (χ0) is 13.9. The van der Waals surface area contributed by atoms with Crippen LogP contribution in [0.15, 0.2) is 36.8 Å². The Kier molecular flexibility index (Phi) is 3.66. The molecule has 0 unspecified atom stereocenters. The van der Waals surface area contributed by atoms with E-state index in [-0.39, 0.29) is 0 Å². The molecule has 3 rings (SSSR count). The second-order valence-corrected chi connectivity index (χ2v) is 6.00. The van der Waals surface area contributed by atoms with Crippen molar-refractivity contribution in [1.82, 2.24) is 19.7 Å². The lowest BCUT2D eigenvalue weighted by Crippen LogP contribution is -1.98. The molecule has 0 atom stereocenters. The highest BCUT2D eigenvalue weighted by atomic mass is 35.5. The average molecular weight is 306 g/mol. The third-order valence-electron chi connectivity index (χ3n) is 2.82. The summed E-state index contributed by atoms with van der Waals surface area (Å²) in [6.45, 7) is 0.667. The molecule has 0 radical (unpaired) electrons. The first-order valence-electron chi connectivity index (χ1n) is 6.01. The average Bonchev–Trinajstić information content (AvgIpc) is 3.06. The van der Waals surface area contributed by atoms with Gasteiger partial charge >= 0.3 is 0 Å². The van der Waals surface area contributed by atoms with Crippen LogP contribution in [0.4, 0.5) is 5.69 Å². The SMILES string of the molecule is Cn1cnnc1-c1ccc(NCc2ncc(Cl)s2)cc1. The van der Waals surface area contributed by atoms with Crippen LogP contribution in [-0.4, -0.2) is 19.7 Å². The summed E-state index contributed by atoms with van der Waals surface area (Å²) in [5.41, 5.74) is 2.06. The zero-order valence-electron chi connectivity index (χ0n) is 10.7. The Morgan fingerprint density at radius 1 is 1.30 bits per heavy atom. The van der Waals surface area contributed by atoms with Gasteiger partial charge in [0, 0.05) is 18.3 Å². The van der Waals surface area contributed by atoms with Crippen LogP contribution in [0, 0.1) is 0 Å². The molecule has 20 heavy (non-hydrogen) atoms. The van der Waals surface area contributed by atoms with Gasteiger partial charge < -0.3 is 9.88 Å². The first-order valence-corrected chi connectivity index (χ1v) is 7.20. The van der Waals surface area contributed by atoms with Crippen molar-refractivity contribution < 1.29 is 0 Å². The Labute approximate surface area is 125 Å². The van der Waals surface area contributed by atoms with E-state index in [0.717, 1.165) is 22.1 Å². The van der Waals surface area contributed by atoms with Crippen LogP contribution < -0.4 is 5.32 Å². The number of hydrogen-bond acceptors (Lipinski definition) is 5. The predicted octanol–water partition coefficient (Wildman–Crippen LogP) is 3.20. The van der Waals surface area contributed by atoms with Gasteiger partial charge in [0.25, 0.3) is 0 Å². The van der Waals surface area contributed by atoms with Gasteiger partial charge in [-0.25, -0.2) is 4.98 Å². The Hall–Kier alpha value is -1.92. The molecule has 102 valence electrons. The molecule has 0 aliphatic rings. The highest BCUT2D eigenvalue weighted by Gasteiger charge is 2.04. The summed E-state index contributed by atoms with van der Waals surface area (Å²) >= 11 is 7.33. The van der Waals surface area contributed by atoms with E-state index >= 15 is 0 Å². The van der Waals surface area contributed by atoms with Crippen LogP contribution in [0.5, 0.6) is 0 Å². The minimum Gasteiger partial charge on any atom is -0.379 e. The molecular formula is C13H12ClN5S. The Balaban J connectivity index is 1.69. The highest BCUT2D eigenvalue weighted by Crippen LogP contribution is 2.21. The van der Waals surface area contributed by atoms with Crippen molar-refractivity contribution >= 4 is 28.6 Å². The third kappa shape index (κ3) is 2.81. The largest absolute Gasteiger partial charge is 0.379 e. The molecule has 5 nitrogen and oxygen atoms in total. The van der Waals surface area contributed by atoms with E-state index in [1.807, 2.05) is 35.9 Å². The molecule has 0 aliphatic heterocycles. The lowest BCUT2D eigenvalue weighted by molar-refractivity contribution is 0.920. The van der Waals surface area contributed by atoms with Crippen molar-refractivity contribution in [2.24, 2.45) is 7.05 Å². The van der Waals surface area contributed by atoms with Crippen molar-refractivity contribution in [3.05, 3.63) is 46.1 Å². The number of benzene rings is 1. The van der Waals surface area contributed by atoms with Gasteiger partial charge in [-0.15, -0.1) is 21.5 Å². The molecule has 7 heteroatoms. The van der Waals surface area contributed by atoms with Gasteiger partial charge in [0.2, 0.25) is 0 Å². The number of halogens is 1. The summed E-state index contributed by atoms with van der Waals surface area (Å²) in [6, 6.07) is 8.06. The maximum absolute atomic E-state index is 5.85. The molecule has 2 heterocycles. The molecule has 0 saturated heterocycles. The molecule has 0 aliphatic carbocycles. The number of nitrogens with zero attached hydrogens (tertiary/aromatic N) is 4. The van der Waals surface area contributed by atoms with Crippen LogP contribution in [-0.2, 0) is 13.6 Å². The van der Waals surface area contributed by atoms with E-state index in [1.165, 1.54) is 11.3 Å². The third-order valence-corrected chi connectivity index (χ3v) is 3.94. The number of hydrogen-bond donors (Lipinski definition) is 1. The van der Waals surface area contributed by atoms with Gasteiger partial charge in [0.05, 0.1) is 12.7 Å². The van der Waals surface area contributed by atoms with E-state index in [2.05, 4.69) is 20.5 Å². The van der Waals surface area contributed by atoms with Gasteiger partial charge in [-0.2, -0.15) is 0 Å². The van der Waals surface area contributed by atoms with Crippen molar-refractivity contribution in [2.45, 2.75) is 6.54 Å². The number of aromatic nitrogens is 4. The van der Waals surface area contributed by atoms with Crippen LogP contribution >= 0.6 is 22.9 Å². The standard InChI is InChI=1S/C13H12ClN5S/c1-19-8-17-18-13(19)9-2-4-10(5-3-9)15-7-12-16-6-11(14)20-12/h2-6,8,15H,7H2,1H3. The first-order chi connectivity index (χ1) is 9.72. The van der Waals surface area contributed by atoms with Crippen molar-refractivity contribution in [1.29, 1.82) is 0 Å². The molecule has 0 saturated carbocycles. The minimum atomic E-state index is 0.667. The van der Waals surface area contributed by atoms with E-state index in [9.17, 15) is 0 Å². The van der Waals surface area contributed by atoms with E-state index < -0.39 is 0 Å². The van der Waals surface area contributed by atoms with Crippen molar-refractivity contribution in [2.75, 3.05) is 5.32 Å². The fraction of sp³-hybridized carbons (Fsp3) is 0.154. The lowest BCUT2D eigenvalue weighted by Gasteiger charge is -2.05. The maximum Gasteiger partial charge on any atom is 0.163 e. The van der Waals surface area contributed by atoms with Gasteiger partial charge in [0.1, 0.15) is 15.7 Å². The van der Waals surface area contributed by atoms with Gasteiger partial charge in [-0.3, -0.25) is 0 Å². The summed E-state index contributed by atoms with van der Waals surface area (Å²) in [5, 5.41) is 12.2. The number of anilines is 1. The monoisotopic (exact) mass is 305 g/mol. The quantitative estimate of drug-likeness (QED) is 0.804. The van der Waals surface area contributed by atoms with Crippen LogP contribution in [0.3, 0.4) is 0 Å². The fourth-order valence-electron chi connectivity index (χ4n) is 1.83. The predicted molar refractivity (Wildman–Crippen MR) is 80.9 cm³/mol. The summed E-state index contributed by atoms with van der Waals surface area (Å²) in [5.74, 6) is 0.850. The Morgan fingerprint density at radius 2 is 2.10 bits per heavy atom. The Bertz CT molecular complexity index is 704. The van der Waals surface area contributed by atoms with E-state index in [4.69, 9.17) is 11.6 Å². The maximum atomic E-state index is 5.85. The van der Waals surface area contributed by atoms with Crippen molar-refractivity contribution in [3.8, 4) is 11.4 Å². The minimum absolute atomic E-state index is 0.667. The normalized spacial score (nSPS) is 10.7. The molecule has 1 aromatic carbocycles. The topological polar surface area (TPSA) is 55.6 Å². The van der Waals surface area contributed by atoms with E-state index in [1.54, 1.807) is 12.5 Å². The van der Waals surface area contributed by atoms with Crippen molar-refractivity contribution in [3.63, 3.8) is 0 Å². The number of thiazole rings is 1. The van der Waals surface area contributed by atoms with E-state index in [0.29, 0.717) is 10.9 Å². The van der Waals surface area contributed by atoms with Crippen LogP contribution in [0.25, 0.3) is 11.4 Å². The zero-order valence-corrected chi connectivity index (χ0v) is 12.3. The molecule has 3 aromatic rings. The van der Waals surface area contributed by atoms with Gasteiger partial charge in [0.15, 0.2) is 5.82 Å². The van der Waals surface area contributed by atoms with Crippen LogP contribution in [0.1, 0.15) is 5.01 Å². The molecule has 0 fully saturated rings. The molecule has 2 aromatic heterocycles. The van der Waals surface area contributed by atoms with Gasteiger partial charge in [-0.05, 0) is 24.3 Å². The second kappa shape index (κ2) is 5.60. The molecule has 0 bridgehead atoms. The lowest BCUT2D eigenvalue weighted by atomic mass is 10.2. The number of aryl methyl sites for hydroxylation is 1. The molecule has 0 spiro atoms. The number of nitrogens with one attached hydrogen (secondary N) is 1. The summed E-state index contributed by atoms with van der Waals surface area (Å²) < 4.78 is 2.60. The second-order valence-electron chi connectivity index (χ2n) is 4.25. The fourth-order valence-corrected chi connectivity index (χ4v) is 2.73. The summed E-state index contributed by atoms with van der Waals surface area (Å²) in [7, 11) is 1.92. The van der Waals surface area contributed by atoms with Gasteiger partial charge in [-0.1, -0.05) is 11.6 Å².